The molecule has 0 fully saturated rings. The van der Waals surface area contributed by atoms with Gasteiger partial charge in [-0.15, -0.1) is 5.10 Å². The first-order chi connectivity index (χ1) is 12.1. The molecule has 3 rings (SSSR count). The third-order valence-corrected chi connectivity index (χ3v) is 4.03. The molecule has 2 N–H and O–H groups in total. The number of hydrogen-bond donors (Lipinski definition) is 1. The Bertz CT molecular complexity index is 841. The third kappa shape index (κ3) is 3.75. The van der Waals surface area contributed by atoms with E-state index in [1.54, 1.807) is 16.8 Å². The second-order valence-corrected chi connectivity index (χ2v) is 5.77. The van der Waals surface area contributed by atoms with Crippen molar-refractivity contribution >= 4 is 5.69 Å². The van der Waals surface area contributed by atoms with Crippen LogP contribution in [0.15, 0.2) is 54.7 Å². The van der Waals surface area contributed by atoms with E-state index in [0.29, 0.717) is 12.5 Å². The van der Waals surface area contributed by atoms with Gasteiger partial charge in [0.15, 0.2) is 0 Å². The molecule has 0 amide bonds. The number of ether oxygens (including phenoxy) is 2. The summed E-state index contributed by atoms with van der Waals surface area (Å²) in [6.07, 6.45) is 1.87. The fraction of sp³-hybridized carbons (Fsp3) is 0.211. The average Bonchev–Trinajstić information content (AvgIpc) is 3.09. The van der Waals surface area contributed by atoms with E-state index in [1.807, 2.05) is 68.7 Å². The summed E-state index contributed by atoms with van der Waals surface area (Å²) in [5.74, 6) is 7.27. The number of anilines is 1. The van der Waals surface area contributed by atoms with E-state index >= 15 is 0 Å². The predicted octanol–water partition coefficient (Wildman–Crippen LogP) is 3.08. The number of aromatic nitrogens is 2. The summed E-state index contributed by atoms with van der Waals surface area (Å²) in [7, 11) is 3.46. The van der Waals surface area contributed by atoms with Gasteiger partial charge in [0, 0.05) is 24.9 Å². The topological polar surface area (TPSA) is 65.5 Å². The molecule has 0 unspecified atom stereocenters. The Labute approximate surface area is 147 Å². The summed E-state index contributed by atoms with van der Waals surface area (Å²) in [5.41, 5.74) is 4.05. The summed E-state index contributed by atoms with van der Waals surface area (Å²) >= 11 is 0. The molecule has 6 nitrogen and oxygen atoms in total. The number of hydrogen-bond acceptors (Lipinski definition) is 5. The first-order valence-corrected chi connectivity index (χ1v) is 7.98. The van der Waals surface area contributed by atoms with E-state index in [4.69, 9.17) is 15.3 Å². The second-order valence-electron chi connectivity index (χ2n) is 5.77. The largest absolute Gasteiger partial charge is 0.497 e. The lowest BCUT2D eigenvalue weighted by molar-refractivity contribution is 0.291. The summed E-state index contributed by atoms with van der Waals surface area (Å²) in [6.45, 7) is 2.45. The molecule has 0 radical (unpaired) electrons. The van der Waals surface area contributed by atoms with Crippen LogP contribution in [0.3, 0.4) is 0 Å². The van der Waals surface area contributed by atoms with Crippen molar-refractivity contribution in [2.24, 2.45) is 5.84 Å². The molecule has 0 saturated heterocycles. The lowest BCUT2D eigenvalue weighted by Gasteiger charge is -2.18. The highest BCUT2D eigenvalue weighted by atomic mass is 16.5. The average molecular weight is 338 g/mol. The van der Waals surface area contributed by atoms with Gasteiger partial charge in [0.25, 0.3) is 0 Å². The van der Waals surface area contributed by atoms with Gasteiger partial charge in [-0.2, -0.15) is 0 Å². The summed E-state index contributed by atoms with van der Waals surface area (Å²) in [6, 6.07) is 15.5. The molecular formula is C19H22N4O2. The van der Waals surface area contributed by atoms with E-state index in [1.165, 1.54) is 0 Å². The van der Waals surface area contributed by atoms with Crippen LogP contribution in [0.1, 0.15) is 11.1 Å². The minimum atomic E-state index is 0.406. The van der Waals surface area contributed by atoms with Crippen molar-refractivity contribution in [2.75, 3.05) is 19.2 Å². The van der Waals surface area contributed by atoms with Gasteiger partial charge in [-0.3, -0.25) is 0 Å². The zero-order valence-corrected chi connectivity index (χ0v) is 14.6. The highest BCUT2D eigenvalue weighted by molar-refractivity contribution is 5.55. The monoisotopic (exact) mass is 338 g/mol. The summed E-state index contributed by atoms with van der Waals surface area (Å²) in [4.78, 5) is 0. The quantitative estimate of drug-likeness (QED) is 0.553. The van der Waals surface area contributed by atoms with Crippen molar-refractivity contribution in [3.05, 3.63) is 65.9 Å². The van der Waals surface area contributed by atoms with Crippen molar-refractivity contribution in [2.45, 2.75) is 13.5 Å². The number of nitrogens with two attached hydrogens (primary N) is 1. The zero-order chi connectivity index (χ0) is 17.8. The minimum Gasteiger partial charge on any atom is -0.497 e. The highest BCUT2D eigenvalue weighted by Gasteiger charge is 2.10. The third-order valence-electron chi connectivity index (χ3n) is 4.03. The van der Waals surface area contributed by atoms with Gasteiger partial charge in [0.05, 0.1) is 18.5 Å². The van der Waals surface area contributed by atoms with Crippen molar-refractivity contribution in [1.29, 1.82) is 0 Å². The normalized spacial score (nSPS) is 10.6. The zero-order valence-electron chi connectivity index (χ0n) is 14.6. The van der Waals surface area contributed by atoms with Crippen LogP contribution in [0, 0.1) is 6.92 Å². The molecule has 1 aromatic heterocycles. The van der Waals surface area contributed by atoms with Crippen LogP contribution >= 0.6 is 0 Å². The Morgan fingerprint density at radius 1 is 1.12 bits per heavy atom. The molecule has 0 bridgehead atoms. The van der Waals surface area contributed by atoms with Gasteiger partial charge in [0.1, 0.15) is 12.4 Å². The molecule has 2 aromatic carbocycles. The maximum Gasteiger partial charge on any atom is 0.233 e. The van der Waals surface area contributed by atoms with Crippen molar-refractivity contribution < 1.29 is 9.47 Å². The van der Waals surface area contributed by atoms with Gasteiger partial charge in [-0.05, 0) is 42.8 Å². The number of hydrazine groups is 1. The van der Waals surface area contributed by atoms with Crippen molar-refractivity contribution in [3.63, 3.8) is 0 Å². The van der Waals surface area contributed by atoms with Crippen LogP contribution in [0.4, 0.5) is 5.69 Å². The van der Waals surface area contributed by atoms with Gasteiger partial charge in [-0.25, -0.2) is 10.5 Å². The smallest absolute Gasteiger partial charge is 0.233 e. The molecule has 0 aliphatic carbocycles. The predicted molar refractivity (Wildman–Crippen MR) is 98.2 cm³/mol. The number of aryl methyl sites for hydroxylation is 1. The second kappa shape index (κ2) is 7.27. The minimum absolute atomic E-state index is 0.406. The standard InChI is InChI=1S/C19H22N4O2/c1-14-5-4-6-18(22(2)20)17(14)13-25-19-11-12-23(21-19)15-7-9-16(24-3)10-8-15/h4-12H,13,20H2,1-3H3. The van der Waals surface area contributed by atoms with Crippen molar-refractivity contribution in [1.82, 2.24) is 9.78 Å². The Morgan fingerprint density at radius 2 is 1.88 bits per heavy atom. The van der Waals surface area contributed by atoms with Crippen molar-refractivity contribution in [3.8, 4) is 17.3 Å². The Balaban J connectivity index is 1.74. The maximum absolute atomic E-state index is 5.90. The lowest BCUT2D eigenvalue weighted by atomic mass is 10.1. The molecule has 1 heterocycles. The Morgan fingerprint density at radius 3 is 2.56 bits per heavy atom. The fourth-order valence-electron chi connectivity index (χ4n) is 2.61. The van der Waals surface area contributed by atoms with E-state index in [-0.39, 0.29) is 0 Å². The van der Waals surface area contributed by atoms with Gasteiger partial charge in [-0.1, -0.05) is 12.1 Å². The van der Waals surface area contributed by atoms with E-state index in [2.05, 4.69) is 5.10 Å². The van der Waals surface area contributed by atoms with Gasteiger partial charge >= 0.3 is 0 Å². The SMILES string of the molecule is COc1ccc(-n2ccc(OCc3c(C)cccc3N(C)N)n2)cc1. The molecule has 0 spiro atoms. The molecule has 3 aromatic rings. The highest BCUT2D eigenvalue weighted by Crippen LogP contribution is 2.23. The molecule has 0 aliphatic rings. The Hall–Kier alpha value is -2.99. The number of rotatable bonds is 6. The Kier molecular flexibility index (Phi) is 4.90. The maximum atomic E-state index is 5.90. The molecule has 25 heavy (non-hydrogen) atoms. The van der Waals surface area contributed by atoms with Gasteiger partial charge in [0.2, 0.25) is 5.88 Å². The molecule has 0 saturated carbocycles. The molecule has 6 heteroatoms. The van der Waals surface area contributed by atoms with E-state index in [9.17, 15) is 0 Å². The van der Waals surface area contributed by atoms with Gasteiger partial charge < -0.3 is 14.5 Å². The van der Waals surface area contributed by atoms with Crippen LogP contribution in [0.25, 0.3) is 5.69 Å². The van der Waals surface area contributed by atoms with Crippen LogP contribution in [0.5, 0.6) is 11.6 Å². The number of methoxy groups -OCH3 is 1. The number of benzene rings is 2. The van der Waals surface area contributed by atoms with E-state index < -0.39 is 0 Å². The van der Waals surface area contributed by atoms with Crippen LogP contribution in [-0.4, -0.2) is 23.9 Å². The van der Waals surface area contributed by atoms with Crippen LogP contribution in [0.2, 0.25) is 0 Å². The first-order valence-electron chi connectivity index (χ1n) is 7.98. The first kappa shape index (κ1) is 16.9. The fourth-order valence-corrected chi connectivity index (χ4v) is 2.61. The van der Waals surface area contributed by atoms with Crippen LogP contribution in [-0.2, 0) is 6.61 Å². The lowest BCUT2D eigenvalue weighted by Crippen LogP contribution is -2.26. The number of nitrogens with zero attached hydrogens (tertiary/aromatic N) is 3. The molecule has 0 atom stereocenters. The summed E-state index contributed by atoms with van der Waals surface area (Å²) in [5, 5.41) is 6.06. The molecule has 130 valence electrons. The summed E-state index contributed by atoms with van der Waals surface area (Å²) < 4.78 is 12.8. The van der Waals surface area contributed by atoms with E-state index in [0.717, 1.165) is 28.3 Å². The van der Waals surface area contributed by atoms with Crippen LogP contribution < -0.4 is 20.3 Å². The molecular weight excluding hydrogens is 316 g/mol. The molecule has 0 aliphatic heterocycles.